The summed E-state index contributed by atoms with van der Waals surface area (Å²) in [4.78, 5) is 1.44. The van der Waals surface area contributed by atoms with Crippen molar-refractivity contribution in [3.05, 3.63) is 22.5 Å². The van der Waals surface area contributed by atoms with E-state index in [4.69, 9.17) is 0 Å². The van der Waals surface area contributed by atoms with Gasteiger partial charge in [-0.25, -0.2) is 0 Å². The summed E-state index contributed by atoms with van der Waals surface area (Å²) >= 11 is 1.83. The van der Waals surface area contributed by atoms with Crippen LogP contribution in [0.25, 0.3) is 0 Å². The van der Waals surface area contributed by atoms with Crippen LogP contribution >= 0.6 is 11.8 Å². The summed E-state index contributed by atoms with van der Waals surface area (Å²) in [5, 5.41) is 2.18. The zero-order chi connectivity index (χ0) is 9.61. The van der Waals surface area contributed by atoms with E-state index in [2.05, 4.69) is 52.2 Å². The molecule has 0 N–H and O–H groups in total. The van der Waals surface area contributed by atoms with Gasteiger partial charge >= 0.3 is 0 Å². The van der Waals surface area contributed by atoms with Gasteiger partial charge < -0.3 is 0 Å². The van der Waals surface area contributed by atoms with Crippen molar-refractivity contribution >= 4 is 11.8 Å². The minimum Gasteiger partial charge on any atom is -0.103 e. The van der Waals surface area contributed by atoms with E-state index in [1.165, 1.54) is 4.91 Å². The number of allylic oxidation sites excluding steroid dienone is 3. The van der Waals surface area contributed by atoms with Gasteiger partial charge in [0, 0.05) is 0 Å². The normalized spacial score (nSPS) is 14.2. The molecule has 0 bridgehead atoms. The maximum Gasteiger partial charge on any atom is -0.00720 e. The first-order valence-electron chi connectivity index (χ1n) is 4.50. The fourth-order valence-electron chi connectivity index (χ4n) is 0.895. The van der Waals surface area contributed by atoms with Gasteiger partial charge in [-0.2, -0.15) is 0 Å². The molecule has 0 aliphatic carbocycles. The monoisotopic (exact) mass is 184 g/mol. The number of rotatable bonds is 3. The van der Waals surface area contributed by atoms with E-state index >= 15 is 0 Å². The van der Waals surface area contributed by atoms with Gasteiger partial charge in [0.15, 0.2) is 0 Å². The summed E-state index contributed by atoms with van der Waals surface area (Å²) in [7, 11) is 0. The largest absolute Gasteiger partial charge is 0.103 e. The molecule has 0 atom stereocenters. The SMILES string of the molecule is C/C=C(\S/C=C/CC)C(C)(C)C. The third-order valence-corrected chi connectivity index (χ3v) is 2.96. The molecule has 0 spiro atoms. The Bertz CT molecular complexity index is 170. The molecule has 0 amide bonds. The molecule has 0 radical (unpaired) electrons. The fraction of sp³-hybridized carbons (Fsp3) is 0.636. The van der Waals surface area contributed by atoms with Crippen LogP contribution in [0.5, 0.6) is 0 Å². The zero-order valence-corrected chi connectivity index (χ0v) is 9.66. The van der Waals surface area contributed by atoms with Gasteiger partial charge in [-0.1, -0.05) is 39.8 Å². The van der Waals surface area contributed by atoms with Crippen LogP contribution in [0, 0.1) is 5.41 Å². The quantitative estimate of drug-likeness (QED) is 0.618. The lowest BCUT2D eigenvalue weighted by Crippen LogP contribution is -2.05. The van der Waals surface area contributed by atoms with Gasteiger partial charge in [-0.15, -0.1) is 11.8 Å². The zero-order valence-electron chi connectivity index (χ0n) is 8.85. The van der Waals surface area contributed by atoms with Gasteiger partial charge in [0.1, 0.15) is 0 Å². The van der Waals surface area contributed by atoms with Crippen molar-refractivity contribution in [2.75, 3.05) is 0 Å². The minimum absolute atomic E-state index is 0.289. The highest BCUT2D eigenvalue weighted by Crippen LogP contribution is 2.34. The van der Waals surface area contributed by atoms with E-state index in [1.54, 1.807) is 0 Å². The fourth-order valence-corrected chi connectivity index (χ4v) is 1.82. The second kappa shape index (κ2) is 5.47. The van der Waals surface area contributed by atoms with Gasteiger partial charge in [-0.05, 0) is 29.1 Å². The Kier molecular flexibility index (Phi) is 5.39. The number of hydrogen-bond donors (Lipinski definition) is 0. The van der Waals surface area contributed by atoms with Crippen LogP contribution in [0.1, 0.15) is 41.0 Å². The average molecular weight is 184 g/mol. The Balaban J connectivity index is 4.13. The van der Waals surface area contributed by atoms with Crippen molar-refractivity contribution in [3.8, 4) is 0 Å². The molecule has 0 saturated carbocycles. The Hall–Kier alpha value is -0.170. The molecule has 0 aromatic rings. The molecular weight excluding hydrogens is 164 g/mol. The maximum atomic E-state index is 2.25. The van der Waals surface area contributed by atoms with Crippen LogP contribution < -0.4 is 0 Å². The summed E-state index contributed by atoms with van der Waals surface area (Å²) < 4.78 is 0. The van der Waals surface area contributed by atoms with Gasteiger partial charge in [-0.3, -0.25) is 0 Å². The standard InChI is InChI=1S/C11H20S/c1-6-8-9-12-10(7-2)11(3,4)5/h7-9H,6H2,1-5H3/b9-8+,10-7-. The van der Waals surface area contributed by atoms with Crippen molar-refractivity contribution in [2.24, 2.45) is 5.41 Å². The Morgan fingerprint density at radius 3 is 2.25 bits per heavy atom. The average Bonchev–Trinajstić information content (AvgIpc) is 1.95. The molecule has 0 aromatic heterocycles. The van der Waals surface area contributed by atoms with Gasteiger partial charge in [0.2, 0.25) is 0 Å². The Morgan fingerprint density at radius 2 is 1.92 bits per heavy atom. The lowest BCUT2D eigenvalue weighted by molar-refractivity contribution is 0.533. The highest BCUT2D eigenvalue weighted by molar-refractivity contribution is 8.05. The third kappa shape index (κ3) is 4.66. The van der Waals surface area contributed by atoms with Crippen LogP contribution in [-0.4, -0.2) is 0 Å². The van der Waals surface area contributed by atoms with E-state index < -0.39 is 0 Å². The third-order valence-electron chi connectivity index (χ3n) is 1.53. The molecule has 0 fully saturated rings. The molecule has 1 heteroatoms. The van der Waals surface area contributed by atoms with Crippen molar-refractivity contribution in [1.82, 2.24) is 0 Å². The van der Waals surface area contributed by atoms with Gasteiger partial charge in [0.05, 0.1) is 0 Å². The van der Waals surface area contributed by atoms with Crippen LogP contribution in [0.2, 0.25) is 0 Å². The molecule has 70 valence electrons. The van der Waals surface area contributed by atoms with E-state index in [0.717, 1.165) is 6.42 Å². The number of hydrogen-bond acceptors (Lipinski definition) is 1. The molecule has 0 nitrogen and oxygen atoms in total. The van der Waals surface area contributed by atoms with Crippen molar-refractivity contribution in [3.63, 3.8) is 0 Å². The highest BCUT2D eigenvalue weighted by atomic mass is 32.2. The van der Waals surface area contributed by atoms with Crippen LogP contribution in [0.15, 0.2) is 22.5 Å². The summed E-state index contributed by atoms with van der Waals surface area (Å²) in [6.07, 6.45) is 5.51. The molecule has 12 heavy (non-hydrogen) atoms. The molecule has 0 aliphatic rings. The van der Waals surface area contributed by atoms with E-state index in [0.29, 0.717) is 0 Å². The van der Waals surface area contributed by atoms with Crippen LogP contribution in [-0.2, 0) is 0 Å². The predicted octanol–water partition coefficient (Wildman–Crippen LogP) is 4.59. The Morgan fingerprint density at radius 1 is 1.33 bits per heavy atom. The minimum atomic E-state index is 0.289. The summed E-state index contributed by atoms with van der Waals surface area (Å²) in [6.45, 7) is 11.0. The summed E-state index contributed by atoms with van der Waals surface area (Å²) in [5.74, 6) is 0. The van der Waals surface area contributed by atoms with E-state index in [1.807, 2.05) is 11.8 Å². The van der Waals surface area contributed by atoms with Gasteiger partial charge in [0.25, 0.3) is 0 Å². The predicted molar refractivity (Wildman–Crippen MR) is 60.2 cm³/mol. The summed E-state index contributed by atoms with van der Waals surface area (Å²) in [6, 6.07) is 0. The lowest BCUT2D eigenvalue weighted by Gasteiger charge is -2.20. The van der Waals surface area contributed by atoms with Crippen molar-refractivity contribution in [2.45, 2.75) is 41.0 Å². The summed E-state index contributed by atoms with van der Waals surface area (Å²) in [5.41, 5.74) is 0.289. The molecule has 0 rings (SSSR count). The molecule has 0 heterocycles. The Labute approximate surface area is 81.1 Å². The van der Waals surface area contributed by atoms with Crippen molar-refractivity contribution < 1.29 is 0 Å². The van der Waals surface area contributed by atoms with Crippen LogP contribution in [0.3, 0.4) is 0 Å². The second-order valence-electron chi connectivity index (χ2n) is 3.80. The molecule has 0 saturated heterocycles. The van der Waals surface area contributed by atoms with Crippen LogP contribution in [0.4, 0.5) is 0 Å². The van der Waals surface area contributed by atoms with E-state index in [9.17, 15) is 0 Å². The topological polar surface area (TPSA) is 0 Å². The molecule has 0 unspecified atom stereocenters. The molecule has 0 aromatic carbocycles. The first-order valence-corrected chi connectivity index (χ1v) is 5.38. The first kappa shape index (κ1) is 11.8. The maximum absolute atomic E-state index is 2.25. The highest BCUT2D eigenvalue weighted by Gasteiger charge is 2.14. The number of thioether (sulfide) groups is 1. The molecule has 0 aliphatic heterocycles. The smallest absolute Gasteiger partial charge is 0.00720 e. The lowest BCUT2D eigenvalue weighted by atomic mass is 9.96. The molecular formula is C11H20S. The second-order valence-corrected chi connectivity index (χ2v) is 4.75. The first-order chi connectivity index (χ1) is 5.52. The van der Waals surface area contributed by atoms with E-state index in [-0.39, 0.29) is 5.41 Å². The van der Waals surface area contributed by atoms with Crippen molar-refractivity contribution in [1.29, 1.82) is 0 Å².